The molecule has 2 aromatic rings. The van der Waals surface area contributed by atoms with Crippen LogP contribution in [0.5, 0.6) is 23.0 Å². The van der Waals surface area contributed by atoms with E-state index in [1.54, 1.807) is 28.4 Å². The number of rotatable bonds is 8. The van der Waals surface area contributed by atoms with Gasteiger partial charge in [0.1, 0.15) is 23.0 Å². The van der Waals surface area contributed by atoms with Crippen molar-refractivity contribution in [1.82, 2.24) is 0 Å². The molecular weight excluding hydrogens is 324 g/mol. The molecule has 0 spiro atoms. The molecule has 0 heterocycles. The maximum Gasteiger partial charge on any atom is 0.246 e. The molecule has 0 saturated carbocycles. The highest BCUT2D eigenvalue weighted by Gasteiger charge is 2.22. The molecule has 0 bridgehead atoms. The summed E-state index contributed by atoms with van der Waals surface area (Å²) in [5.74, 6) is 2.82. The Morgan fingerprint density at radius 2 is 1.21 bits per heavy atom. The summed E-state index contributed by atoms with van der Waals surface area (Å²) >= 11 is 0. The van der Waals surface area contributed by atoms with E-state index < -0.39 is 0 Å². The van der Waals surface area contributed by atoms with Crippen LogP contribution in [0.3, 0.4) is 0 Å². The average molecular weight is 345 g/mol. The first-order valence-electron chi connectivity index (χ1n) is 7.40. The fourth-order valence-electron chi connectivity index (χ4n) is 2.64. The Labute approximate surface area is 146 Å². The van der Waals surface area contributed by atoms with E-state index in [1.165, 1.54) is 0 Å². The van der Waals surface area contributed by atoms with Crippen molar-refractivity contribution in [3.63, 3.8) is 0 Å². The maximum absolute atomic E-state index is 5.54. The summed E-state index contributed by atoms with van der Waals surface area (Å²) < 4.78 is 26.9. The Kier molecular flexibility index (Phi) is 6.51. The van der Waals surface area contributed by atoms with Crippen LogP contribution in [0.2, 0.25) is 0 Å². The minimum atomic E-state index is -0.0933. The molecule has 2 aromatic carbocycles. The lowest BCUT2D eigenvalue weighted by atomic mass is 9.90. The molecule has 0 saturated heterocycles. The molecule has 0 aromatic heterocycles. The van der Waals surface area contributed by atoms with Gasteiger partial charge in [0.2, 0.25) is 10.5 Å². The normalized spacial score (nSPS) is 10.6. The second-order valence-electron chi connectivity index (χ2n) is 5.08. The Morgan fingerprint density at radius 3 is 1.54 bits per heavy atom. The third-order valence-corrected chi connectivity index (χ3v) is 4.05. The molecule has 0 unspecified atom stereocenters. The first-order valence-corrected chi connectivity index (χ1v) is 7.81. The van der Waals surface area contributed by atoms with E-state index in [1.807, 2.05) is 36.4 Å². The molecule has 24 heavy (non-hydrogen) atoms. The van der Waals surface area contributed by atoms with E-state index in [-0.39, 0.29) is 5.92 Å². The lowest BCUT2D eigenvalue weighted by Crippen LogP contribution is -2.11. The quantitative estimate of drug-likeness (QED) is 0.689. The van der Waals surface area contributed by atoms with Crippen molar-refractivity contribution >= 4 is 10.5 Å². The zero-order chi connectivity index (χ0) is 17.5. The van der Waals surface area contributed by atoms with Crippen molar-refractivity contribution in [2.45, 2.75) is 5.92 Å². The van der Waals surface area contributed by atoms with Crippen molar-refractivity contribution in [2.75, 3.05) is 35.0 Å². The Morgan fingerprint density at radius 1 is 0.750 bits per heavy atom. The third-order valence-electron chi connectivity index (χ3n) is 3.88. The predicted octanol–water partition coefficient (Wildman–Crippen LogP) is 2.95. The van der Waals surface area contributed by atoms with Crippen molar-refractivity contribution in [3.8, 4) is 23.0 Å². The summed E-state index contributed by atoms with van der Waals surface area (Å²) in [5.41, 5.74) is 1.94. The highest BCUT2D eigenvalue weighted by atomic mass is 28.2. The summed E-state index contributed by atoms with van der Waals surface area (Å²) in [6.45, 7) is 0.405. The summed E-state index contributed by atoms with van der Waals surface area (Å²) in [6.07, 6.45) is 0. The average Bonchev–Trinajstić information content (AvgIpc) is 2.65. The zero-order valence-corrected chi connectivity index (χ0v) is 15.3. The summed E-state index contributed by atoms with van der Waals surface area (Å²) in [7, 11) is 9.63. The van der Waals surface area contributed by atoms with Gasteiger partial charge >= 0.3 is 0 Å². The maximum atomic E-state index is 5.54. The molecule has 0 aliphatic carbocycles. The molecule has 5 nitrogen and oxygen atoms in total. The number of ether oxygens (including phenoxy) is 4. The molecule has 0 aliphatic rings. The topological polar surface area (TPSA) is 46.2 Å². The van der Waals surface area contributed by atoms with Gasteiger partial charge in [-0.1, -0.05) is 12.1 Å². The van der Waals surface area contributed by atoms with E-state index in [4.69, 9.17) is 23.4 Å². The third kappa shape index (κ3) is 3.83. The molecule has 2 rings (SSSR count). The van der Waals surface area contributed by atoms with Crippen molar-refractivity contribution < 1.29 is 23.4 Å². The van der Waals surface area contributed by atoms with Crippen molar-refractivity contribution in [3.05, 3.63) is 47.5 Å². The second-order valence-corrected chi connectivity index (χ2v) is 5.37. The van der Waals surface area contributed by atoms with Gasteiger partial charge in [0, 0.05) is 35.8 Å². The minimum absolute atomic E-state index is 0.0933. The highest BCUT2D eigenvalue weighted by Crippen LogP contribution is 2.39. The Balaban J connectivity index is 2.54. The van der Waals surface area contributed by atoms with Crippen LogP contribution in [-0.2, 0) is 4.43 Å². The molecule has 127 valence electrons. The van der Waals surface area contributed by atoms with Gasteiger partial charge in [-0.2, -0.15) is 0 Å². The minimum Gasteiger partial charge on any atom is -0.497 e. The van der Waals surface area contributed by atoms with Crippen LogP contribution < -0.4 is 18.9 Å². The summed E-state index contributed by atoms with van der Waals surface area (Å²) in [6, 6.07) is 11.4. The van der Waals surface area contributed by atoms with Crippen LogP contribution >= 0.6 is 0 Å². The van der Waals surface area contributed by atoms with Crippen LogP contribution in [0.1, 0.15) is 17.0 Å². The number of benzene rings is 2. The first kappa shape index (κ1) is 18.2. The predicted molar refractivity (Wildman–Crippen MR) is 92.6 cm³/mol. The smallest absolute Gasteiger partial charge is 0.246 e. The Bertz CT molecular complexity index is 619. The number of hydrogen-bond donors (Lipinski definition) is 0. The SMILES string of the molecule is COc1ccc(C(CO[Si])c2ccc(OC)cc2OC)c(OC)c1. The lowest BCUT2D eigenvalue weighted by molar-refractivity contribution is 0.319. The summed E-state index contributed by atoms with van der Waals surface area (Å²) in [5, 5.41) is 0. The Hall–Kier alpha value is -2.18. The fraction of sp³-hybridized carbons (Fsp3) is 0.333. The van der Waals surface area contributed by atoms with Gasteiger partial charge in [-0.25, -0.2) is 0 Å². The van der Waals surface area contributed by atoms with Crippen LogP contribution in [-0.4, -0.2) is 45.5 Å². The molecule has 0 amide bonds. The van der Waals surface area contributed by atoms with Gasteiger partial charge in [-0.3, -0.25) is 0 Å². The lowest BCUT2D eigenvalue weighted by Gasteiger charge is -2.22. The van der Waals surface area contributed by atoms with Crippen molar-refractivity contribution in [1.29, 1.82) is 0 Å². The highest BCUT2D eigenvalue weighted by molar-refractivity contribution is 5.98. The van der Waals surface area contributed by atoms with Crippen LogP contribution in [0, 0.1) is 0 Å². The van der Waals surface area contributed by atoms with E-state index in [0.29, 0.717) is 6.61 Å². The van der Waals surface area contributed by atoms with Gasteiger partial charge in [0.15, 0.2) is 0 Å². The standard InChI is InChI=1S/C18H21O5Si/c1-19-12-5-7-14(17(9-12)21-3)16(11-23-24)15-8-6-13(20-2)10-18(15)22-4/h5-10,16H,11H2,1-4H3. The molecule has 0 atom stereocenters. The van der Waals surface area contributed by atoms with Gasteiger partial charge in [-0.05, 0) is 12.1 Å². The van der Waals surface area contributed by atoms with Gasteiger partial charge < -0.3 is 23.4 Å². The van der Waals surface area contributed by atoms with Crippen LogP contribution in [0.25, 0.3) is 0 Å². The van der Waals surface area contributed by atoms with Gasteiger partial charge in [-0.15, -0.1) is 0 Å². The molecule has 0 fully saturated rings. The number of hydrogen-bond acceptors (Lipinski definition) is 5. The molecular formula is C18H21O5Si. The van der Waals surface area contributed by atoms with Crippen LogP contribution in [0.4, 0.5) is 0 Å². The summed E-state index contributed by atoms with van der Waals surface area (Å²) in [4.78, 5) is 0. The zero-order valence-electron chi connectivity index (χ0n) is 14.3. The van der Waals surface area contributed by atoms with Gasteiger partial charge in [0.25, 0.3) is 0 Å². The fourth-order valence-corrected chi connectivity index (χ4v) is 2.81. The largest absolute Gasteiger partial charge is 0.497 e. The van der Waals surface area contributed by atoms with Crippen molar-refractivity contribution in [2.24, 2.45) is 0 Å². The second kappa shape index (κ2) is 8.61. The molecule has 0 aliphatic heterocycles. The van der Waals surface area contributed by atoms with E-state index in [9.17, 15) is 0 Å². The molecule has 0 N–H and O–H groups in total. The van der Waals surface area contributed by atoms with E-state index >= 15 is 0 Å². The van der Waals surface area contributed by atoms with E-state index in [2.05, 4.69) is 10.5 Å². The van der Waals surface area contributed by atoms with E-state index in [0.717, 1.165) is 34.1 Å². The monoisotopic (exact) mass is 345 g/mol. The number of methoxy groups -OCH3 is 4. The van der Waals surface area contributed by atoms with Gasteiger partial charge in [0.05, 0.1) is 28.4 Å². The molecule has 6 heteroatoms. The van der Waals surface area contributed by atoms with Crippen LogP contribution in [0.15, 0.2) is 36.4 Å². The molecule has 3 radical (unpaired) electrons. The first-order chi connectivity index (χ1) is 11.7.